The summed E-state index contributed by atoms with van der Waals surface area (Å²) in [4.78, 5) is 0. The molecule has 1 rings (SSSR count). The standard InChI is InChI=1S/C11H16O/c1-3-10(8-12)11-7-5-4-6-9(11)2/h4-7,10,12H,3,8H2,1-2H3/t10-/m1/s1. The van der Waals surface area contributed by atoms with Crippen LogP contribution < -0.4 is 0 Å². The molecule has 0 aliphatic rings. The molecule has 66 valence electrons. The van der Waals surface area contributed by atoms with Gasteiger partial charge in [0.1, 0.15) is 0 Å². The summed E-state index contributed by atoms with van der Waals surface area (Å²) in [5.74, 6) is 0.311. The van der Waals surface area contributed by atoms with Crippen LogP contribution in [0.15, 0.2) is 24.3 Å². The Morgan fingerprint density at radius 1 is 1.33 bits per heavy atom. The Hall–Kier alpha value is -0.820. The highest BCUT2D eigenvalue weighted by Crippen LogP contribution is 2.21. The first-order chi connectivity index (χ1) is 5.79. The largest absolute Gasteiger partial charge is 0.396 e. The smallest absolute Gasteiger partial charge is 0.0499 e. The molecule has 0 aliphatic heterocycles. The minimum absolute atomic E-state index is 0.251. The fourth-order valence-corrected chi connectivity index (χ4v) is 1.49. The van der Waals surface area contributed by atoms with Gasteiger partial charge in [-0.25, -0.2) is 0 Å². The van der Waals surface area contributed by atoms with Crippen LogP contribution in [0.4, 0.5) is 0 Å². The maximum atomic E-state index is 9.10. The summed E-state index contributed by atoms with van der Waals surface area (Å²) < 4.78 is 0. The van der Waals surface area contributed by atoms with Crippen molar-refractivity contribution in [3.8, 4) is 0 Å². The van der Waals surface area contributed by atoms with E-state index in [1.807, 2.05) is 12.1 Å². The second-order valence-electron chi connectivity index (χ2n) is 3.14. The second-order valence-corrected chi connectivity index (χ2v) is 3.14. The molecule has 0 aliphatic carbocycles. The topological polar surface area (TPSA) is 20.2 Å². The Morgan fingerprint density at radius 3 is 2.50 bits per heavy atom. The lowest BCUT2D eigenvalue weighted by Gasteiger charge is -2.14. The van der Waals surface area contributed by atoms with E-state index < -0.39 is 0 Å². The maximum Gasteiger partial charge on any atom is 0.0499 e. The molecule has 0 bridgehead atoms. The van der Waals surface area contributed by atoms with Gasteiger partial charge in [-0.05, 0) is 24.5 Å². The summed E-state index contributed by atoms with van der Waals surface area (Å²) in [5, 5.41) is 9.10. The van der Waals surface area contributed by atoms with Crippen LogP contribution in [-0.2, 0) is 0 Å². The third kappa shape index (κ3) is 1.86. The van der Waals surface area contributed by atoms with Crippen LogP contribution in [0.1, 0.15) is 30.4 Å². The highest BCUT2D eigenvalue weighted by molar-refractivity contribution is 5.28. The lowest BCUT2D eigenvalue weighted by molar-refractivity contribution is 0.262. The summed E-state index contributed by atoms with van der Waals surface area (Å²) in [6.07, 6.45) is 1.00. The van der Waals surface area contributed by atoms with Gasteiger partial charge in [-0.1, -0.05) is 31.2 Å². The molecule has 12 heavy (non-hydrogen) atoms. The van der Waals surface area contributed by atoms with E-state index in [0.717, 1.165) is 6.42 Å². The zero-order valence-corrected chi connectivity index (χ0v) is 7.75. The third-order valence-electron chi connectivity index (χ3n) is 2.34. The molecule has 1 atom stereocenters. The Bertz CT molecular complexity index is 239. The van der Waals surface area contributed by atoms with Crippen molar-refractivity contribution in [2.45, 2.75) is 26.2 Å². The predicted molar refractivity (Wildman–Crippen MR) is 51.3 cm³/mol. The SMILES string of the molecule is CC[C@H](CO)c1ccccc1C. The molecule has 1 aromatic rings. The van der Waals surface area contributed by atoms with Crippen LogP contribution in [-0.4, -0.2) is 11.7 Å². The molecule has 0 saturated heterocycles. The number of aliphatic hydroxyl groups is 1. The molecule has 1 heteroatoms. The van der Waals surface area contributed by atoms with Crippen LogP contribution >= 0.6 is 0 Å². The average Bonchev–Trinajstić information content (AvgIpc) is 2.10. The highest BCUT2D eigenvalue weighted by Gasteiger charge is 2.08. The summed E-state index contributed by atoms with van der Waals surface area (Å²) in [7, 11) is 0. The van der Waals surface area contributed by atoms with Gasteiger partial charge in [-0.15, -0.1) is 0 Å². The summed E-state index contributed by atoms with van der Waals surface area (Å²) in [6.45, 7) is 4.45. The van der Waals surface area contributed by atoms with E-state index in [0.29, 0.717) is 5.92 Å². The second kappa shape index (κ2) is 4.27. The van der Waals surface area contributed by atoms with Crippen molar-refractivity contribution in [1.29, 1.82) is 0 Å². The van der Waals surface area contributed by atoms with Crippen LogP contribution in [0.3, 0.4) is 0 Å². The molecule has 1 N–H and O–H groups in total. The number of hydrogen-bond donors (Lipinski definition) is 1. The van der Waals surface area contributed by atoms with Crippen molar-refractivity contribution >= 4 is 0 Å². The first-order valence-corrected chi connectivity index (χ1v) is 4.46. The van der Waals surface area contributed by atoms with E-state index in [1.54, 1.807) is 0 Å². The Kier molecular flexibility index (Phi) is 3.30. The van der Waals surface area contributed by atoms with Gasteiger partial charge in [-0.3, -0.25) is 0 Å². The first kappa shape index (κ1) is 9.27. The Labute approximate surface area is 74.1 Å². The molecule has 0 amide bonds. The molecule has 1 nitrogen and oxygen atoms in total. The minimum atomic E-state index is 0.251. The summed E-state index contributed by atoms with van der Waals surface area (Å²) in [5.41, 5.74) is 2.56. The molecule has 0 fully saturated rings. The Morgan fingerprint density at radius 2 is 2.00 bits per heavy atom. The van der Waals surface area contributed by atoms with E-state index in [-0.39, 0.29) is 6.61 Å². The van der Waals surface area contributed by atoms with Crippen molar-refractivity contribution in [3.05, 3.63) is 35.4 Å². The van der Waals surface area contributed by atoms with E-state index >= 15 is 0 Å². The molecular weight excluding hydrogens is 148 g/mol. The van der Waals surface area contributed by atoms with Gasteiger partial charge in [0.25, 0.3) is 0 Å². The van der Waals surface area contributed by atoms with Gasteiger partial charge in [0.05, 0.1) is 0 Å². The molecular formula is C11H16O. The zero-order valence-electron chi connectivity index (χ0n) is 7.75. The highest BCUT2D eigenvalue weighted by atomic mass is 16.3. The Balaban J connectivity index is 2.92. The number of hydrogen-bond acceptors (Lipinski definition) is 1. The molecule has 0 aromatic heterocycles. The van der Waals surface area contributed by atoms with Gasteiger partial charge in [-0.2, -0.15) is 0 Å². The van der Waals surface area contributed by atoms with E-state index in [9.17, 15) is 0 Å². The van der Waals surface area contributed by atoms with E-state index in [1.165, 1.54) is 11.1 Å². The summed E-state index contributed by atoms with van der Waals surface area (Å²) in [6, 6.07) is 8.25. The van der Waals surface area contributed by atoms with Gasteiger partial charge in [0.2, 0.25) is 0 Å². The van der Waals surface area contributed by atoms with Crippen LogP contribution in [0.2, 0.25) is 0 Å². The van der Waals surface area contributed by atoms with Crippen molar-refractivity contribution in [2.75, 3.05) is 6.61 Å². The molecule has 0 heterocycles. The molecule has 0 spiro atoms. The predicted octanol–water partition coefficient (Wildman–Crippen LogP) is 2.48. The van der Waals surface area contributed by atoms with Gasteiger partial charge in [0.15, 0.2) is 0 Å². The van der Waals surface area contributed by atoms with E-state index in [4.69, 9.17) is 5.11 Å². The van der Waals surface area contributed by atoms with Crippen LogP contribution in [0.25, 0.3) is 0 Å². The van der Waals surface area contributed by atoms with Crippen molar-refractivity contribution in [3.63, 3.8) is 0 Å². The minimum Gasteiger partial charge on any atom is -0.396 e. The van der Waals surface area contributed by atoms with Crippen LogP contribution in [0, 0.1) is 6.92 Å². The molecule has 1 aromatic carbocycles. The zero-order chi connectivity index (χ0) is 8.97. The molecule has 0 unspecified atom stereocenters. The average molecular weight is 164 g/mol. The van der Waals surface area contributed by atoms with Gasteiger partial charge < -0.3 is 5.11 Å². The van der Waals surface area contributed by atoms with Gasteiger partial charge >= 0.3 is 0 Å². The fourth-order valence-electron chi connectivity index (χ4n) is 1.49. The van der Waals surface area contributed by atoms with E-state index in [2.05, 4.69) is 26.0 Å². The fraction of sp³-hybridized carbons (Fsp3) is 0.455. The van der Waals surface area contributed by atoms with Crippen molar-refractivity contribution in [2.24, 2.45) is 0 Å². The quantitative estimate of drug-likeness (QED) is 0.727. The van der Waals surface area contributed by atoms with Gasteiger partial charge in [0, 0.05) is 12.5 Å². The number of rotatable bonds is 3. The lowest BCUT2D eigenvalue weighted by atomic mass is 9.93. The number of benzene rings is 1. The molecule has 0 saturated carbocycles. The third-order valence-corrected chi connectivity index (χ3v) is 2.34. The maximum absolute atomic E-state index is 9.10. The van der Waals surface area contributed by atoms with Crippen molar-refractivity contribution < 1.29 is 5.11 Å². The molecule has 0 radical (unpaired) electrons. The normalized spacial score (nSPS) is 12.9. The van der Waals surface area contributed by atoms with Crippen LogP contribution in [0.5, 0.6) is 0 Å². The number of aliphatic hydroxyl groups excluding tert-OH is 1. The number of aryl methyl sites for hydroxylation is 1. The lowest BCUT2D eigenvalue weighted by Crippen LogP contribution is -2.04. The first-order valence-electron chi connectivity index (χ1n) is 4.46. The van der Waals surface area contributed by atoms with Crippen molar-refractivity contribution in [1.82, 2.24) is 0 Å². The summed E-state index contributed by atoms with van der Waals surface area (Å²) >= 11 is 0. The monoisotopic (exact) mass is 164 g/mol.